The Morgan fingerprint density at radius 3 is 1.80 bits per heavy atom. The van der Waals surface area contributed by atoms with E-state index in [1.54, 1.807) is 37.3 Å². The number of amides is 7. The van der Waals surface area contributed by atoms with Crippen LogP contribution in [0, 0.1) is 24.7 Å². The lowest BCUT2D eigenvalue weighted by atomic mass is 9.92. The first-order chi connectivity index (χ1) is 48.5. The van der Waals surface area contributed by atoms with Crippen molar-refractivity contribution in [3.63, 3.8) is 0 Å². The van der Waals surface area contributed by atoms with Crippen molar-refractivity contribution in [3.8, 4) is 17.2 Å². The van der Waals surface area contributed by atoms with Gasteiger partial charge < -0.3 is 77.9 Å². The second-order valence-electron chi connectivity index (χ2n) is 25.7. The van der Waals surface area contributed by atoms with Gasteiger partial charge in [0.2, 0.25) is 17.7 Å². The van der Waals surface area contributed by atoms with E-state index in [1.165, 1.54) is 30.6 Å². The number of hydrogen-bond donors (Lipinski definition) is 3. The van der Waals surface area contributed by atoms with Crippen LogP contribution in [0.1, 0.15) is 116 Å². The van der Waals surface area contributed by atoms with Crippen molar-refractivity contribution >= 4 is 70.3 Å². The van der Waals surface area contributed by atoms with E-state index in [9.17, 15) is 38.4 Å². The molecule has 542 valence electrons. The van der Waals surface area contributed by atoms with Gasteiger partial charge >= 0.3 is 0 Å². The minimum atomic E-state index is -0.778. The zero-order valence-corrected chi connectivity index (χ0v) is 58.2. The third-order valence-electron chi connectivity index (χ3n) is 17.8. The van der Waals surface area contributed by atoms with Gasteiger partial charge in [-0.2, -0.15) is 0 Å². The lowest BCUT2D eigenvalue weighted by Crippen LogP contribution is -2.45. The zero-order valence-electron chi connectivity index (χ0n) is 58.2. The maximum absolute atomic E-state index is 14.1. The number of benzene rings is 3. The highest BCUT2D eigenvalue weighted by Gasteiger charge is 2.39. The van der Waals surface area contributed by atoms with Crippen LogP contribution in [0.3, 0.4) is 0 Å². The number of nitrogens with one attached hydrogen (secondary N) is 3. The summed E-state index contributed by atoms with van der Waals surface area (Å²) in [7, 11) is 1.59. The van der Waals surface area contributed by atoms with Gasteiger partial charge in [-0.3, -0.25) is 48.2 Å². The Bertz CT molecular complexity index is 3420. The fraction of sp³-hybridized carbons (Fsp3) is 0.554. The average molecular weight is 1390 g/mol. The molecule has 26 heteroatoms. The van der Waals surface area contributed by atoms with Gasteiger partial charge in [-0.15, -0.1) is 0 Å². The van der Waals surface area contributed by atoms with E-state index >= 15 is 0 Å². The summed E-state index contributed by atoms with van der Waals surface area (Å²) >= 11 is 0. The Labute approximate surface area is 584 Å². The van der Waals surface area contributed by atoms with Crippen LogP contribution in [0.25, 0.3) is 5.57 Å². The van der Waals surface area contributed by atoms with E-state index in [0.29, 0.717) is 171 Å². The van der Waals surface area contributed by atoms with Gasteiger partial charge in [-0.25, -0.2) is 0 Å². The lowest BCUT2D eigenvalue weighted by molar-refractivity contribution is -0.137. The molecule has 5 aliphatic heterocycles. The molecule has 4 atom stereocenters. The number of ether oxygens (including phenoxy) is 11. The third kappa shape index (κ3) is 22.6. The van der Waals surface area contributed by atoms with Crippen molar-refractivity contribution in [2.24, 2.45) is 22.7 Å². The second kappa shape index (κ2) is 39.1. The number of aliphatic imine (C=N–C) groups is 1. The van der Waals surface area contributed by atoms with E-state index < -0.39 is 23.8 Å². The molecule has 0 spiro atoms. The first-order valence-corrected chi connectivity index (χ1v) is 34.9. The van der Waals surface area contributed by atoms with Crippen LogP contribution in [0.2, 0.25) is 0 Å². The van der Waals surface area contributed by atoms with Crippen LogP contribution in [0.15, 0.2) is 83.6 Å². The fourth-order valence-corrected chi connectivity index (χ4v) is 12.1. The summed E-state index contributed by atoms with van der Waals surface area (Å²) in [5.74, 6) is -0.622. The number of Topliss-reactive ketones (excluding diaryl/α,β-unsaturated/α-hetero) is 1. The molecule has 100 heavy (non-hydrogen) atoms. The zero-order chi connectivity index (χ0) is 70.8. The van der Waals surface area contributed by atoms with E-state index in [2.05, 4.69) is 22.2 Å². The van der Waals surface area contributed by atoms with Crippen molar-refractivity contribution in [3.05, 3.63) is 106 Å². The topological polar surface area (TPSA) is 296 Å². The number of nitrogens with zero attached hydrogens (tertiary/aromatic N) is 4. The predicted octanol–water partition coefficient (Wildman–Crippen LogP) is 6.91. The molecular weight excluding hydrogens is 1290 g/mol. The number of carbonyl (C=O) groups is 8. The highest BCUT2D eigenvalue weighted by atomic mass is 16.6. The summed E-state index contributed by atoms with van der Waals surface area (Å²) in [5.41, 5.74) is 7.25. The van der Waals surface area contributed by atoms with Crippen LogP contribution in [0.4, 0.5) is 11.4 Å². The molecule has 3 aromatic carbocycles. The Morgan fingerprint density at radius 2 is 1.20 bits per heavy atom. The fourth-order valence-electron chi connectivity index (χ4n) is 12.1. The molecule has 3 aromatic rings. The summed E-state index contributed by atoms with van der Waals surface area (Å²) in [6.45, 7) is 14.1. The Hall–Kier alpha value is -8.21. The van der Waals surface area contributed by atoms with Gasteiger partial charge in [0.1, 0.15) is 5.75 Å². The van der Waals surface area contributed by atoms with Gasteiger partial charge in [0.25, 0.3) is 23.6 Å². The van der Waals surface area contributed by atoms with E-state index in [-0.39, 0.29) is 92.3 Å². The van der Waals surface area contributed by atoms with Gasteiger partial charge in [0.15, 0.2) is 17.3 Å². The van der Waals surface area contributed by atoms with Gasteiger partial charge in [0, 0.05) is 105 Å². The summed E-state index contributed by atoms with van der Waals surface area (Å²) < 4.78 is 62.3. The van der Waals surface area contributed by atoms with Crippen LogP contribution < -0.4 is 30.2 Å². The molecule has 0 bridgehead atoms. The SMILES string of the molecule is COc1cc2c(cc1OCCCOc1cc3c(cc1C)C(=O)N1C=C(c4ccc(NC(=O)[C@H](C)CC(=O)[C@@H](NC(=O)CCOCCOCCOCCOCCOCCOCCOCCOCCNC(=O)CCN5C(=O)C=CC5=O)C(C)C)cc4)C[C@H]1C=N3)CC[C@@H]1CC(C3CC3)=CN1C2=O. The van der Waals surface area contributed by atoms with E-state index in [0.717, 1.165) is 46.4 Å². The first-order valence-electron chi connectivity index (χ1n) is 34.9. The Kier molecular flexibility index (Phi) is 29.7. The second-order valence-corrected chi connectivity index (χ2v) is 25.7. The minimum Gasteiger partial charge on any atom is -0.493 e. The molecule has 26 nitrogen and oxygen atoms in total. The summed E-state index contributed by atoms with van der Waals surface area (Å²) in [6, 6.07) is 13.9. The Balaban J connectivity index is 0.563. The number of aryl methyl sites for hydroxylation is 2. The van der Waals surface area contributed by atoms with E-state index in [4.69, 9.17) is 57.1 Å². The van der Waals surface area contributed by atoms with Crippen molar-refractivity contribution in [2.75, 3.05) is 144 Å². The summed E-state index contributed by atoms with van der Waals surface area (Å²) in [4.78, 5) is 112. The van der Waals surface area contributed by atoms with Crippen molar-refractivity contribution in [2.45, 2.75) is 110 Å². The number of methoxy groups -OCH3 is 1. The molecule has 5 heterocycles. The Morgan fingerprint density at radius 1 is 0.610 bits per heavy atom. The van der Waals surface area contributed by atoms with Crippen LogP contribution in [-0.2, 0) is 73.1 Å². The quantitative estimate of drug-likeness (QED) is 0.0382. The number of hydrogen-bond acceptors (Lipinski definition) is 20. The van der Waals surface area contributed by atoms with E-state index in [1.807, 2.05) is 68.3 Å². The molecule has 0 aromatic heterocycles. The number of ketones is 1. The number of fused-ring (bicyclic) bond motifs is 4. The van der Waals surface area contributed by atoms with Crippen LogP contribution in [0.5, 0.6) is 17.2 Å². The molecule has 7 amide bonds. The van der Waals surface area contributed by atoms with Gasteiger partial charge in [-0.05, 0) is 109 Å². The lowest BCUT2D eigenvalue weighted by Gasteiger charge is -2.23. The van der Waals surface area contributed by atoms with Crippen molar-refractivity contribution in [1.29, 1.82) is 0 Å². The molecule has 0 saturated heterocycles. The maximum atomic E-state index is 14.1. The molecule has 1 aliphatic carbocycles. The monoisotopic (exact) mass is 1390 g/mol. The summed E-state index contributed by atoms with van der Waals surface area (Å²) in [5, 5.41) is 8.44. The molecule has 6 aliphatic rings. The summed E-state index contributed by atoms with van der Waals surface area (Å²) in [6.07, 6.45) is 14.4. The number of carbonyl (C=O) groups excluding carboxylic acids is 8. The van der Waals surface area contributed by atoms with Crippen molar-refractivity contribution in [1.82, 2.24) is 25.3 Å². The average Bonchev–Trinajstić information content (AvgIpc) is 1.62. The molecule has 9 rings (SSSR count). The number of rotatable bonds is 46. The van der Waals surface area contributed by atoms with Gasteiger partial charge in [-0.1, -0.05) is 32.9 Å². The molecule has 0 unspecified atom stereocenters. The first kappa shape index (κ1) is 76.0. The van der Waals surface area contributed by atoms with Crippen LogP contribution in [-0.4, -0.2) is 225 Å². The number of imide groups is 1. The smallest absolute Gasteiger partial charge is 0.260 e. The molecule has 3 N–H and O–H groups in total. The normalized spacial score (nSPS) is 17.5. The highest BCUT2D eigenvalue weighted by molar-refractivity contribution is 6.13. The van der Waals surface area contributed by atoms with Gasteiger partial charge in [0.05, 0.1) is 149 Å². The molecule has 0 radical (unpaired) electrons. The standard InChI is InChI=1S/C74H97N7O19/c1-49(2)71(78-68(84)18-23-91-25-27-93-29-31-95-33-35-97-37-38-98-36-34-96-32-30-94-28-26-92-24-19-75-67(83)17-20-79-69(85)15-16-70(79)86)63(82)40-51(4)72(87)77-57-12-9-53(10-13-57)56-42-59-46-76-62-45-64(50(3)39-61(62)74(89)81(59)48-56)99-21-6-22-100-66-43-54-11-14-58-41-55(52-7-8-52)47-80(58)73(88)60(54)44-65(66)90-5/h9-10,12-13,15-16,39,43-49,51-52,58-59,71H,6-8,11,14,17-38,40-42H2,1-5H3,(H,75,83)(H,77,87)(H,78,84)/t51-,58-,59+,71+/m1/s1. The maximum Gasteiger partial charge on any atom is 0.260 e. The molecular formula is C74H97N7O19. The molecule has 1 fully saturated rings. The molecule has 1 saturated carbocycles. The van der Waals surface area contributed by atoms with Crippen LogP contribution >= 0.6 is 0 Å². The van der Waals surface area contributed by atoms with Crippen molar-refractivity contribution < 1.29 is 90.5 Å². The third-order valence-corrected chi connectivity index (χ3v) is 17.8. The predicted molar refractivity (Wildman–Crippen MR) is 369 cm³/mol. The largest absolute Gasteiger partial charge is 0.493 e. The minimum absolute atomic E-state index is 0.0287. The highest BCUT2D eigenvalue weighted by Crippen LogP contribution is 2.45. The number of anilines is 1.